The summed E-state index contributed by atoms with van der Waals surface area (Å²) in [6.45, 7) is 2.90. The van der Waals surface area contributed by atoms with Crippen LogP contribution in [0.1, 0.15) is 18.5 Å². The fourth-order valence-corrected chi connectivity index (χ4v) is 3.34. The fourth-order valence-electron chi connectivity index (χ4n) is 2.60. The molecule has 0 unspecified atom stereocenters. The van der Waals surface area contributed by atoms with Gasteiger partial charge in [-0.25, -0.2) is 4.98 Å². The van der Waals surface area contributed by atoms with Gasteiger partial charge in [-0.05, 0) is 33.0 Å². The van der Waals surface area contributed by atoms with Crippen LogP contribution in [-0.4, -0.2) is 40.5 Å². The smallest absolute Gasteiger partial charge is 0.258 e. The number of thiazole rings is 1. The van der Waals surface area contributed by atoms with Gasteiger partial charge in [-0.15, -0.1) is 23.7 Å². The minimum Gasteiger partial charge on any atom is -0.317 e. The van der Waals surface area contributed by atoms with Crippen LogP contribution in [0.15, 0.2) is 22.4 Å². The number of piperidine rings is 1. The average molecular weight is 315 g/mol. The van der Waals surface area contributed by atoms with Crippen LogP contribution in [-0.2, 0) is 6.54 Å². The molecule has 0 spiro atoms. The van der Waals surface area contributed by atoms with Gasteiger partial charge in [0.05, 0.1) is 5.69 Å². The summed E-state index contributed by atoms with van der Waals surface area (Å²) in [4.78, 5) is 19.6. The lowest BCUT2D eigenvalue weighted by Crippen LogP contribution is -2.41. The minimum absolute atomic E-state index is 0. The first-order chi connectivity index (χ1) is 9.24. The second-order valence-electron chi connectivity index (χ2n) is 5.04. The Morgan fingerprint density at radius 2 is 2.25 bits per heavy atom. The van der Waals surface area contributed by atoms with Crippen LogP contribution in [0.25, 0.3) is 4.96 Å². The highest BCUT2D eigenvalue weighted by Crippen LogP contribution is 2.13. The summed E-state index contributed by atoms with van der Waals surface area (Å²) in [5.41, 5.74) is 0.883. The highest BCUT2D eigenvalue weighted by molar-refractivity contribution is 7.15. The maximum atomic E-state index is 11.9. The number of hydrogen-bond acceptors (Lipinski definition) is 5. The largest absolute Gasteiger partial charge is 0.317 e. The zero-order valence-electron chi connectivity index (χ0n) is 11.4. The van der Waals surface area contributed by atoms with E-state index in [4.69, 9.17) is 0 Å². The SMILES string of the molecule is CN(Cc1cc(=O)n2ccsc2n1)C1CCNCC1.Cl. The Hall–Kier alpha value is -0.950. The van der Waals surface area contributed by atoms with Gasteiger partial charge in [-0.3, -0.25) is 14.1 Å². The number of nitrogens with one attached hydrogen (secondary N) is 1. The molecule has 1 N–H and O–H groups in total. The molecule has 0 radical (unpaired) electrons. The van der Waals surface area contributed by atoms with Crippen molar-refractivity contribution >= 4 is 28.7 Å². The molecule has 0 saturated carbocycles. The van der Waals surface area contributed by atoms with Gasteiger partial charge < -0.3 is 5.32 Å². The summed E-state index contributed by atoms with van der Waals surface area (Å²) in [7, 11) is 2.12. The number of fused-ring (bicyclic) bond motifs is 1. The maximum absolute atomic E-state index is 11.9. The summed E-state index contributed by atoms with van der Waals surface area (Å²) >= 11 is 1.50. The molecule has 0 bridgehead atoms. The highest BCUT2D eigenvalue weighted by Gasteiger charge is 2.18. The number of aromatic nitrogens is 2. The summed E-state index contributed by atoms with van der Waals surface area (Å²) in [5.74, 6) is 0. The zero-order chi connectivity index (χ0) is 13.2. The third-order valence-electron chi connectivity index (χ3n) is 3.70. The summed E-state index contributed by atoms with van der Waals surface area (Å²) in [6.07, 6.45) is 4.10. The van der Waals surface area contributed by atoms with E-state index in [0.717, 1.165) is 43.1 Å². The predicted octanol–water partition coefficient (Wildman–Crippen LogP) is 1.36. The highest BCUT2D eigenvalue weighted by atomic mass is 35.5. The van der Waals surface area contributed by atoms with E-state index in [0.29, 0.717) is 6.04 Å². The van der Waals surface area contributed by atoms with Crippen molar-refractivity contribution in [3.63, 3.8) is 0 Å². The van der Waals surface area contributed by atoms with Gasteiger partial charge in [0, 0.05) is 30.2 Å². The fraction of sp³-hybridized carbons (Fsp3) is 0.538. The van der Waals surface area contributed by atoms with Crippen LogP contribution in [0.2, 0.25) is 0 Å². The van der Waals surface area contributed by atoms with Gasteiger partial charge >= 0.3 is 0 Å². The van der Waals surface area contributed by atoms with Crippen LogP contribution < -0.4 is 10.9 Å². The van der Waals surface area contributed by atoms with Gasteiger partial charge in [0.1, 0.15) is 0 Å². The van der Waals surface area contributed by atoms with Crippen molar-refractivity contribution in [3.05, 3.63) is 33.7 Å². The second kappa shape index (κ2) is 6.67. The van der Waals surface area contributed by atoms with E-state index in [1.807, 2.05) is 5.38 Å². The Bertz CT molecular complexity index is 620. The summed E-state index contributed by atoms with van der Waals surface area (Å²) in [5, 5.41) is 5.26. The normalized spacial score (nSPS) is 16.5. The Balaban J connectivity index is 0.00000147. The molecule has 0 aliphatic carbocycles. The molecule has 1 aliphatic rings. The van der Waals surface area contributed by atoms with Crippen LogP contribution in [0.5, 0.6) is 0 Å². The van der Waals surface area contributed by atoms with E-state index in [1.54, 1.807) is 16.7 Å². The first kappa shape index (κ1) is 15.4. The minimum atomic E-state index is 0. The molecule has 0 amide bonds. The summed E-state index contributed by atoms with van der Waals surface area (Å²) in [6, 6.07) is 2.24. The van der Waals surface area contributed by atoms with Crippen molar-refractivity contribution < 1.29 is 0 Å². The lowest BCUT2D eigenvalue weighted by molar-refractivity contribution is 0.190. The van der Waals surface area contributed by atoms with Crippen LogP contribution in [0.4, 0.5) is 0 Å². The van der Waals surface area contributed by atoms with Crippen molar-refractivity contribution in [3.8, 4) is 0 Å². The molecule has 1 aliphatic heterocycles. The third-order valence-corrected chi connectivity index (χ3v) is 4.46. The predicted molar refractivity (Wildman–Crippen MR) is 83.9 cm³/mol. The van der Waals surface area contributed by atoms with Crippen LogP contribution in [0, 0.1) is 0 Å². The number of nitrogens with zero attached hydrogens (tertiary/aromatic N) is 3. The number of halogens is 1. The number of hydrogen-bond donors (Lipinski definition) is 1. The topological polar surface area (TPSA) is 49.6 Å². The molecule has 7 heteroatoms. The third kappa shape index (κ3) is 3.20. The van der Waals surface area contributed by atoms with E-state index < -0.39 is 0 Å². The van der Waals surface area contributed by atoms with Gasteiger partial charge in [0.15, 0.2) is 4.96 Å². The maximum Gasteiger partial charge on any atom is 0.258 e. The van der Waals surface area contributed by atoms with Crippen molar-refractivity contribution in [2.24, 2.45) is 0 Å². The molecule has 1 fully saturated rings. The van der Waals surface area contributed by atoms with E-state index in [-0.39, 0.29) is 18.0 Å². The molecule has 2 aromatic rings. The first-order valence-electron chi connectivity index (χ1n) is 6.61. The van der Waals surface area contributed by atoms with Crippen molar-refractivity contribution in [2.75, 3.05) is 20.1 Å². The molecule has 3 rings (SSSR count). The molecule has 0 aromatic carbocycles. The van der Waals surface area contributed by atoms with Crippen LogP contribution in [0.3, 0.4) is 0 Å². The summed E-state index contributed by atoms with van der Waals surface area (Å²) < 4.78 is 1.60. The second-order valence-corrected chi connectivity index (χ2v) is 5.91. The van der Waals surface area contributed by atoms with E-state index in [9.17, 15) is 4.79 Å². The Morgan fingerprint density at radius 3 is 3.00 bits per heavy atom. The molecular weight excluding hydrogens is 296 g/mol. The standard InChI is InChI=1S/C13H18N4OS.ClH/c1-16(11-2-4-14-5-3-11)9-10-8-12(18)17-6-7-19-13(17)15-10;/h6-8,11,14H,2-5,9H2,1H3;1H. The molecule has 2 aromatic heterocycles. The van der Waals surface area contributed by atoms with Gasteiger partial charge in [-0.1, -0.05) is 0 Å². The van der Waals surface area contributed by atoms with Crippen molar-refractivity contribution in [1.82, 2.24) is 19.6 Å². The van der Waals surface area contributed by atoms with E-state index in [2.05, 4.69) is 22.2 Å². The van der Waals surface area contributed by atoms with Gasteiger partial charge in [0.2, 0.25) is 0 Å². The first-order valence-corrected chi connectivity index (χ1v) is 7.49. The molecule has 0 atom stereocenters. The monoisotopic (exact) mass is 314 g/mol. The molecule has 1 saturated heterocycles. The van der Waals surface area contributed by atoms with Crippen molar-refractivity contribution in [2.45, 2.75) is 25.4 Å². The lowest BCUT2D eigenvalue weighted by atomic mass is 10.1. The zero-order valence-corrected chi connectivity index (χ0v) is 13.0. The van der Waals surface area contributed by atoms with Gasteiger partial charge in [0.25, 0.3) is 5.56 Å². The van der Waals surface area contributed by atoms with Crippen molar-refractivity contribution in [1.29, 1.82) is 0 Å². The molecule has 3 heterocycles. The lowest BCUT2D eigenvalue weighted by Gasteiger charge is -2.31. The van der Waals surface area contributed by atoms with E-state index >= 15 is 0 Å². The molecular formula is C13H19ClN4OS. The molecule has 20 heavy (non-hydrogen) atoms. The number of rotatable bonds is 3. The molecule has 110 valence electrons. The van der Waals surface area contributed by atoms with E-state index in [1.165, 1.54) is 11.3 Å². The Morgan fingerprint density at radius 1 is 1.50 bits per heavy atom. The Kier molecular flexibility index (Phi) is 5.15. The average Bonchev–Trinajstić information content (AvgIpc) is 2.88. The quantitative estimate of drug-likeness (QED) is 0.929. The molecule has 5 nitrogen and oxygen atoms in total. The Labute approximate surface area is 128 Å². The van der Waals surface area contributed by atoms with Crippen LogP contribution >= 0.6 is 23.7 Å². The van der Waals surface area contributed by atoms with Gasteiger partial charge in [-0.2, -0.15) is 0 Å².